The molecule has 1 fully saturated rings. The summed E-state index contributed by atoms with van der Waals surface area (Å²) in [6, 6.07) is 10.6. The third-order valence-electron chi connectivity index (χ3n) is 6.51. The lowest BCUT2D eigenvalue weighted by Gasteiger charge is -2.36. The number of amides is 1. The molecule has 3 atom stereocenters. The van der Waals surface area contributed by atoms with Gasteiger partial charge in [0.15, 0.2) is 0 Å². The molecule has 188 valence electrons. The van der Waals surface area contributed by atoms with E-state index in [2.05, 4.69) is 21.7 Å². The third kappa shape index (κ3) is 7.03. The highest BCUT2D eigenvalue weighted by molar-refractivity contribution is 5.95. The molecule has 35 heavy (non-hydrogen) atoms. The van der Waals surface area contributed by atoms with Gasteiger partial charge in [0.05, 0.1) is 24.5 Å². The Balaban J connectivity index is 1.66. The highest BCUT2D eigenvalue weighted by Gasteiger charge is 2.32. The number of benzene rings is 1. The van der Waals surface area contributed by atoms with E-state index in [-0.39, 0.29) is 24.4 Å². The van der Waals surface area contributed by atoms with Crippen molar-refractivity contribution in [3.63, 3.8) is 0 Å². The number of carbonyl (C=O) groups is 2. The number of rotatable bonds is 10. The number of nitrogens with zero attached hydrogens (tertiary/aromatic N) is 2. The van der Waals surface area contributed by atoms with E-state index < -0.39 is 12.0 Å². The summed E-state index contributed by atoms with van der Waals surface area (Å²) >= 11 is 0. The fourth-order valence-electron chi connectivity index (χ4n) is 4.56. The van der Waals surface area contributed by atoms with Crippen molar-refractivity contribution in [2.75, 3.05) is 20.2 Å². The maximum absolute atomic E-state index is 13.0. The number of piperidine rings is 1. The van der Waals surface area contributed by atoms with Gasteiger partial charge < -0.3 is 20.7 Å². The summed E-state index contributed by atoms with van der Waals surface area (Å²) < 4.78 is 5.06. The Labute approximate surface area is 206 Å². The SMILES string of the molecule is C=C(N)N1CCCC(C[C@@H](C(=O)OC)[C@@H](C)NC(=O)c2ccc(-c3ccnc(CON)c3)cc2)C1. The van der Waals surface area contributed by atoms with Crippen molar-refractivity contribution in [2.24, 2.45) is 23.5 Å². The van der Waals surface area contributed by atoms with Gasteiger partial charge in [0, 0.05) is 30.9 Å². The monoisotopic (exact) mass is 481 g/mol. The molecule has 2 aromatic rings. The van der Waals surface area contributed by atoms with Crippen LogP contribution in [0, 0.1) is 11.8 Å². The number of nitrogens with one attached hydrogen (secondary N) is 1. The molecule has 0 saturated carbocycles. The number of esters is 1. The van der Waals surface area contributed by atoms with Crippen molar-refractivity contribution in [3.05, 3.63) is 66.3 Å². The normalized spacial score (nSPS) is 17.3. The first-order valence-corrected chi connectivity index (χ1v) is 11.8. The van der Waals surface area contributed by atoms with Crippen LogP contribution in [0.25, 0.3) is 11.1 Å². The quantitative estimate of drug-likeness (QED) is 0.348. The van der Waals surface area contributed by atoms with Crippen molar-refractivity contribution in [2.45, 2.75) is 38.8 Å². The van der Waals surface area contributed by atoms with Crippen LogP contribution in [0.2, 0.25) is 0 Å². The van der Waals surface area contributed by atoms with Crippen molar-refractivity contribution in [3.8, 4) is 11.1 Å². The van der Waals surface area contributed by atoms with Crippen LogP contribution in [0.3, 0.4) is 0 Å². The molecule has 0 bridgehead atoms. The van der Waals surface area contributed by atoms with Crippen LogP contribution >= 0.6 is 0 Å². The van der Waals surface area contributed by atoms with E-state index in [9.17, 15) is 9.59 Å². The lowest BCUT2D eigenvalue weighted by atomic mass is 9.85. The Morgan fingerprint density at radius 1 is 1.26 bits per heavy atom. The van der Waals surface area contributed by atoms with E-state index in [0.29, 0.717) is 23.5 Å². The molecule has 1 aliphatic rings. The lowest BCUT2D eigenvalue weighted by molar-refractivity contribution is -0.147. The topological polar surface area (TPSA) is 133 Å². The fourth-order valence-corrected chi connectivity index (χ4v) is 4.56. The van der Waals surface area contributed by atoms with Crippen LogP contribution in [0.1, 0.15) is 42.2 Å². The van der Waals surface area contributed by atoms with Crippen molar-refractivity contribution < 1.29 is 19.2 Å². The lowest BCUT2D eigenvalue weighted by Crippen LogP contribution is -2.44. The van der Waals surface area contributed by atoms with Gasteiger partial charge in [-0.05, 0) is 67.5 Å². The van der Waals surface area contributed by atoms with Gasteiger partial charge in [-0.15, -0.1) is 0 Å². The minimum atomic E-state index is -0.459. The Morgan fingerprint density at radius 2 is 2.00 bits per heavy atom. The number of pyridine rings is 1. The van der Waals surface area contributed by atoms with E-state index in [1.165, 1.54) is 7.11 Å². The molecule has 0 spiro atoms. The van der Waals surface area contributed by atoms with Gasteiger partial charge in [0.25, 0.3) is 5.91 Å². The first kappa shape index (κ1) is 26.2. The van der Waals surface area contributed by atoms with Gasteiger partial charge in [-0.1, -0.05) is 18.7 Å². The Hall–Kier alpha value is -3.43. The maximum Gasteiger partial charge on any atom is 0.310 e. The second-order valence-electron chi connectivity index (χ2n) is 9.00. The molecule has 1 aliphatic heterocycles. The first-order valence-electron chi connectivity index (χ1n) is 11.8. The minimum Gasteiger partial charge on any atom is -0.469 e. The number of hydrogen-bond donors (Lipinski definition) is 3. The number of methoxy groups -OCH3 is 1. The molecule has 3 rings (SSSR count). The summed E-state index contributed by atoms with van der Waals surface area (Å²) in [5.41, 5.74) is 8.98. The van der Waals surface area contributed by atoms with E-state index in [4.69, 9.17) is 16.4 Å². The van der Waals surface area contributed by atoms with Gasteiger partial charge >= 0.3 is 5.97 Å². The van der Waals surface area contributed by atoms with E-state index in [0.717, 1.165) is 37.1 Å². The van der Waals surface area contributed by atoms with Crippen LogP contribution in [0.4, 0.5) is 0 Å². The molecular formula is C26H35N5O4. The standard InChI is InChI=1S/C26H35N5O4/c1-17(24(26(33)34-3)13-19-5-4-12-31(15-19)18(2)27)30-25(32)21-8-6-20(7-9-21)22-10-11-29-23(14-22)16-35-28/h6-11,14,17,19,24H,2,4-5,12-13,15-16,27-28H2,1,3H3,(H,30,32)/t17-,19?,24-/m1/s1. The molecule has 1 aromatic carbocycles. The molecule has 1 amide bonds. The summed E-state index contributed by atoms with van der Waals surface area (Å²) in [4.78, 5) is 36.4. The molecule has 1 saturated heterocycles. The predicted molar refractivity (Wildman–Crippen MR) is 133 cm³/mol. The van der Waals surface area contributed by atoms with Gasteiger partial charge in [-0.25, -0.2) is 5.90 Å². The zero-order valence-corrected chi connectivity index (χ0v) is 20.4. The number of hydrogen-bond acceptors (Lipinski definition) is 8. The highest BCUT2D eigenvalue weighted by Crippen LogP contribution is 2.27. The van der Waals surface area contributed by atoms with Gasteiger partial charge in [0.2, 0.25) is 0 Å². The first-order chi connectivity index (χ1) is 16.8. The van der Waals surface area contributed by atoms with E-state index in [1.54, 1.807) is 18.3 Å². The molecular weight excluding hydrogens is 446 g/mol. The molecule has 9 nitrogen and oxygen atoms in total. The van der Waals surface area contributed by atoms with Crippen molar-refractivity contribution in [1.82, 2.24) is 15.2 Å². The van der Waals surface area contributed by atoms with Crippen LogP contribution in [-0.2, 0) is 21.0 Å². The summed E-state index contributed by atoms with van der Waals surface area (Å²) in [5.74, 6) is 4.92. The molecule has 9 heteroatoms. The molecule has 0 radical (unpaired) electrons. The van der Waals surface area contributed by atoms with Crippen LogP contribution < -0.4 is 16.9 Å². The highest BCUT2D eigenvalue weighted by atomic mass is 16.6. The number of likely N-dealkylation sites (tertiary alicyclic amines) is 1. The van der Waals surface area contributed by atoms with Crippen LogP contribution in [0.15, 0.2) is 55.0 Å². The second kappa shape index (κ2) is 12.3. The summed E-state index contributed by atoms with van der Waals surface area (Å²) in [5, 5.41) is 2.98. The molecule has 0 aliphatic carbocycles. The molecule has 2 heterocycles. The molecule has 1 unspecified atom stereocenters. The van der Waals surface area contributed by atoms with Crippen molar-refractivity contribution in [1.29, 1.82) is 0 Å². The van der Waals surface area contributed by atoms with Crippen LogP contribution in [0.5, 0.6) is 0 Å². The number of carbonyl (C=O) groups excluding carboxylic acids is 2. The maximum atomic E-state index is 13.0. The number of ether oxygens (including phenoxy) is 1. The Morgan fingerprint density at radius 3 is 2.66 bits per heavy atom. The summed E-state index contributed by atoms with van der Waals surface area (Å²) in [7, 11) is 1.38. The summed E-state index contributed by atoms with van der Waals surface area (Å²) in [6.45, 7) is 7.51. The van der Waals surface area contributed by atoms with Crippen LogP contribution in [-0.4, -0.2) is 48.0 Å². The number of aromatic nitrogens is 1. The van der Waals surface area contributed by atoms with Crippen molar-refractivity contribution >= 4 is 11.9 Å². The zero-order valence-electron chi connectivity index (χ0n) is 20.4. The third-order valence-corrected chi connectivity index (χ3v) is 6.51. The average Bonchev–Trinajstić information content (AvgIpc) is 2.87. The van der Waals surface area contributed by atoms with E-state index >= 15 is 0 Å². The van der Waals surface area contributed by atoms with Gasteiger partial charge in [-0.2, -0.15) is 0 Å². The smallest absolute Gasteiger partial charge is 0.310 e. The summed E-state index contributed by atoms with van der Waals surface area (Å²) in [6.07, 6.45) is 4.27. The molecule has 1 aromatic heterocycles. The largest absolute Gasteiger partial charge is 0.469 e. The predicted octanol–water partition coefficient (Wildman–Crippen LogP) is 2.58. The molecule has 5 N–H and O–H groups in total. The zero-order chi connectivity index (χ0) is 25.4. The fraction of sp³-hybridized carbons (Fsp3) is 0.423. The Bertz CT molecular complexity index is 1030. The Kier molecular flexibility index (Phi) is 9.22. The van der Waals surface area contributed by atoms with E-state index in [1.807, 2.05) is 36.1 Å². The minimum absolute atomic E-state index is 0.216. The van der Waals surface area contributed by atoms with Gasteiger partial charge in [-0.3, -0.25) is 19.4 Å². The number of nitrogens with two attached hydrogens (primary N) is 2. The average molecular weight is 482 g/mol. The van der Waals surface area contributed by atoms with Gasteiger partial charge in [0.1, 0.15) is 6.61 Å². The second-order valence-corrected chi connectivity index (χ2v) is 9.00.